The Hall–Kier alpha value is -1.95. The molecule has 6 heteroatoms. The molecule has 0 radical (unpaired) electrons. The summed E-state index contributed by atoms with van der Waals surface area (Å²) in [7, 11) is 3.51. The fourth-order valence-electron chi connectivity index (χ4n) is 1.94. The van der Waals surface area contributed by atoms with Crippen LogP contribution >= 0.6 is 12.2 Å². The van der Waals surface area contributed by atoms with Gasteiger partial charge in [0, 0.05) is 32.6 Å². The summed E-state index contributed by atoms with van der Waals surface area (Å²) in [6, 6.07) is 7.67. The van der Waals surface area contributed by atoms with Crippen LogP contribution in [0.1, 0.15) is 32.3 Å². The second-order valence-corrected chi connectivity index (χ2v) is 6.49. The van der Waals surface area contributed by atoms with Gasteiger partial charge in [-0.3, -0.25) is 9.59 Å². The van der Waals surface area contributed by atoms with E-state index >= 15 is 0 Å². The monoisotopic (exact) mass is 335 g/mol. The van der Waals surface area contributed by atoms with Gasteiger partial charge in [0.2, 0.25) is 11.8 Å². The predicted molar refractivity (Wildman–Crippen MR) is 97.3 cm³/mol. The standard InChI is InChI=1S/C17H25N3O2S/c1-12(2)11-15(21)19-17(23)18-14-8-5-13(6-9-14)7-10-16(22)20(3)4/h5-6,8-9,12H,7,10-11H2,1-4H3,(H2,18,19,21,23). The molecule has 0 aliphatic rings. The number of anilines is 1. The summed E-state index contributed by atoms with van der Waals surface area (Å²) in [5.41, 5.74) is 1.89. The molecule has 0 unspecified atom stereocenters. The van der Waals surface area contributed by atoms with Crippen LogP contribution in [0.15, 0.2) is 24.3 Å². The van der Waals surface area contributed by atoms with Crippen molar-refractivity contribution < 1.29 is 9.59 Å². The molecule has 2 N–H and O–H groups in total. The van der Waals surface area contributed by atoms with Crippen LogP contribution in [0.5, 0.6) is 0 Å². The first-order chi connectivity index (χ1) is 10.8. The SMILES string of the molecule is CC(C)CC(=O)NC(=S)Nc1ccc(CCC(=O)N(C)C)cc1. The number of hydrogen-bond acceptors (Lipinski definition) is 3. The minimum atomic E-state index is -0.0867. The van der Waals surface area contributed by atoms with Crippen molar-refractivity contribution in [1.29, 1.82) is 0 Å². The van der Waals surface area contributed by atoms with Crippen molar-refractivity contribution in [1.82, 2.24) is 10.2 Å². The average molecular weight is 335 g/mol. The number of hydrogen-bond donors (Lipinski definition) is 2. The van der Waals surface area contributed by atoms with Crippen LogP contribution < -0.4 is 10.6 Å². The van der Waals surface area contributed by atoms with Crippen molar-refractivity contribution in [2.75, 3.05) is 19.4 Å². The van der Waals surface area contributed by atoms with E-state index in [1.54, 1.807) is 19.0 Å². The molecule has 0 fully saturated rings. The van der Waals surface area contributed by atoms with Crippen molar-refractivity contribution >= 4 is 34.8 Å². The van der Waals surface area contributed by atoms with Gasteiger partial charge in [-0.15, -0.1) is 0 Å². The number of carbonyl (C=O) groups excluding carboxylic acids is 2. The fraction of sp³-hybridized carbons (Fsp3) is 0.471. The van der Waals surface area contributed by atoms with Gasteiger partial charge in [0.05, 0.1) is 0 Å². The van der Waals surface area contributed by atoms with Crippen LogP contribution in [0.25, 0.3) is 0 Å². The third-order valence-electron chi connectivity index (χ3n) is 3.18. The summed E-state index contributed by atoms with van der Waals surface area (Å²) in [6.07, 6.45) is 1.64. The molecule has 23 heavy (non-hydrogen) atoms. The van der Waals surface area contributed by atoms with Crippen LogP contribution in [-0.4, -0.2) is 35.9 Å². The van der Waals surface area contributed by atoms with Gasteiger partial charge < -0.3 is 15.5 Å². The number of carbonyl (C=O) groups is 2. The molecule has 0 aliphatic heterocycles. The maximum atomic E-state index is 11.6. The van der Waals surface area contributed by atoms with E-state index in [0.29, 0.717) is 30.3 Å². The summed E-state index contributed by atoms with van der Waals surface area (Å²) >= 11 is 5.12. The van der Waals surface area contributed by atoms with Crippen LogP contribution in [-0.2, 0) is 16.0 Å². The molecule has 0 aromatic heterocycles. The summed E-state index contributed by atoms with van der Waals surface area (Å²) in [6.45, 7) is 3.96. The van der Waals surface area contributed by atoms with Crippen LogP contribution in [0, 0.1) is 5.92 Å². The number of nitrogens with zero attached hydrogens (tertiary/aromatic N) is 1. The van der Waals surface area contributed by atoms with E-state index < -0.39 is 0 Å². The van der Waals surface area contributed by atoms with Gasteiger partial charge in [-0.1, -0.05) is 26.0 Å². The van der Waals surface area contributed by atoms with Crippen LogP contribution in [0.4, 0.5) is 5.69 Å². The summed E-state index contributed by atoms with van der Waals surface area (Å²) in [4.78, 5) is 24.8. The van der Waals surface area contributed by atoms with Gasteiger partial charge >= 0.3 is 0 Å². The normalized spacial score (nSPS) is 10.3. The highest BCUT2D eigenvalue weighted by molar-refractivity contribution is 7.80. The lowest BCUT2D eigenvalue weighted by Gasteiger charge is -2.12. The molecule has 0 bridgehead atoms. The zero-order valence-electron chi connectivity index (χ0n) is 14.2. The first kappa shape index (κ1) is 19.1. The molecule has 1 aromatic carbocycles. The van der Waals surface area contributed by atoms with Crippen molar-refractivity contribution in [2.24, 2.45) is 5.92 Å². The summed E-state index contributed by atoms with van der Waals surface area (Å²) in [5.74, 6) is 0.319. The van der Waals surface area contributed by atoms with Gasteiger partial charge in [-0.2, -0.15) is 0 Å². The zero-order valence-corrected chi connectivity index (χ0v) is 15.0. The smallest absolute Gasteiger partial charge is 0.226 e. The summed E-state index contributed by atoms with van der Waals surface area (Å²) in [5, 5.41) is 5.94. The van der Waals surface area contributed by atoms with E-state index in [-0.39, 0.29) is 11.8 Å². The van der Waals surface area contributed by atoms with Crippen molar-refractivity contribution in [3.63, 3.8) is 0 Å². The lowest BCUT2D eigenvalue weighted by Crippen LogP contribution is -2.34. The molecule has 126 valence electrons. The maximum Gasteiger partial charge on any atom is 0.226 e. The Bertz CT molecular complexity index is 553. The van der Waals surface area contributed by atoms with Crippen LogP contribution in [0.3, 0.4) is 0 Å². The fourth-order valence-corrected chi connectivity index (χ4v) is 2.17. The number of benzene rings is 1. The first-order valence-electron chi connectivity index (χ1n) is 7.68. The number of thiocarbonyl (C=S) groups is 1. The Balaban J connectivity index is 2.46. The van der Waals surface area contributed by atoms with Crippen molar-refractivity contribution in [3.8, 4) is 0 Å². The highest BCUT2D eigenvalue weighted by atomic mass is 32.1. The van der Waals surface area contributed by atoms with Gasteiger partial charge in [-0.05, 0) is 42.3 Å². The Morgan fingerprint density at radius 1 is 1.17 bits per heavy atom. The predicted octanol–water partition coefficient (Wildman–Crippen LogP) is 2.57. The molecule has 0 spiro atoms. The molecule has 0 saturated carbocycles. The second-order valence-electron chi connectivity index (χ2n) is 6.09. The third kappa shape index (κ3) is 7.74. The molecule has 1 rings (SSSR count). The first-order valence-corrected chi connectivity index (χ1v) is 8.08. The number of amides is 2. The molecule has 0 atom stereocenters. The minimum absolute atomic E-state index is 0.0867. The zero-order chi connectivity index (χ0) is 17.4. The Morgan fingerprint density at radius 3 is 2.30 bits per heavy atom. The Morgan fingerprint density at radius 2 is 1.78 bits per heavy atom. The van der Waals surface area contributed by atoms with E-state index in [1.807, 2.05) is 38.1 Å². The number of rotatable bonds is 6. The van der Waals surface area contributed by atoms with E-state index in [4.69, 9.17) is 12.2 Å². The number of aryl methyl sites for hydroxylation is 1. The van der Waals surface area contributed by atoms with Crippen LogP contribution in [0.2, 0.25) is 0 Å². The Kier molecular flexibility index (Phi) is 7.68. The molecular weight excluding hydrogens is 310 g/mol. The van der Waals surface area contributed by atoms with Gasteiger partial charge in [0.1, 0.15) is 0 Å². The maximum absolute atomic E-state index is 11.6. The lowest BCUT2D eigenvalue weighted by molar-refractivity contribution is -0.128. The average Bonchev–Trinajstić information content (AvgIpc) is 2.44. The molecule has 2 amide bonds. The molecular formula is C17H25N3O2S. The quantitative estimate of drug-likeness (QED) is 0.785. The topological polar surface area (TPSA) is 61.4 Å². The second kappa shape index (κ2) is 9.25. The van der Waals surface area contributed by atoms with Gasteiger partial charge in [0.25, 0.3) is 0 Å². The Labute approximate surface area is 143 Å². The molecule has 0 heterocycles. The lowest BCUT2D eigenvalue weighted by atomic mass is 10.1. The molecule has 1 aromatic rings. The van der Waals surface area contributed by atoms with Crippen molar-refractivity contribution in [3.05, 3.63) is 29.8 Å². The molecule has 5 nitrogen and oxygen atoms in total. The largest absolute Gasteiger partial charge is 0.349 e. The highest BCUT2D eigenvalue weighted by Crippen LogP contribution is 2.11. The third-order valence-corrected chi connectivity index (χ3v) is 3.39. The van der Waals surface area contributed by atoms with Gasteiger partial charge in [-0.25, -0.2) is 0 Å². The van der Waals surface area contributed by atoms with E-state index in [0.717, 1.165) is 11.3 Å². The molecule has 0 saturated heterocycles. The van der Waals surface area contributed by atoms with Crippen molar-refractivity contribution in [2.45, 2.75) is 33.1 Å². The minimum Gasteiger partial charge on any atom is -0.349 e. The van der Waals surface area contributed by atoms with E-state index in [9.17, 15) is 9.59 Å². The number of nitrogens with one attached hydrogen (secondary N) is 2. The van der Waals surface area contributed by atoms with Gasteiger partial charge in [0.15, 0.2) is 5.11 Å². The highest BCUT2D eigenvalue weighted by Gasteiger charge is 2.07. The van der Waals surface area contributed by atoms with E-state index in [2.05, 4.69) is 10.6 Å². The van der Waals surface area contributed by atoms with E-state index in [1.165, 1.54) is 0 Å². The summed E-state index contributed by atoms with van der Waals surface area (Å²) < 4.78 is 0. The molecule has 0 aliphatic carbocycles.